The van der Waals surface area contributed by atoms with Crippen LogP contribution < -0.4 is 15.4 Å². The van der Waals surface area contributed by atoms with Crippen molar-refractivity contribution in [2.45, 2.75) is 17.9 Å². The number of furan rings is 1. The number of hydrogen-bond donors (Lipinski definition) is 2. The molecule has 0 atom stereocenters. The van der Waals surface area contributed by atoms with Gasteiger partial charge in [0.15, 0.2) is 11.3 Å². The van der Waals surface area contributed by atoms with E-state index in [-0.39, 0.29) is 11.7 Å². The van der Waals surface area contributed by atoms with Crippen LogP contribution in [0.4, 0.5) is 6.01 Å². The number of nitrogens with zero attached hydrogens (tertiary/aromatic N) is 2. The molecule has 0 radical (unpaired) electrons. The summed E-state index contributed by atoms with van der Waals surface area (Å²) in [6.45, 7) is 1.95. The number of nitrogens with two attached hydrogens (primary N) is 1. The number of hydrogen-bond acceptors (Lipinski definition) is 7. The van der Waals surface area contributed by atoms with Gasteiger partial charge in [0.2, 0.25) is 5.09 Å². The van der Waals surface area contributed by atoms with Crippen LogP contribution in [0.5, 0.6) is 0 Å². The van der Waals surface area contributed by atoms with Crippen LogP contribution in [0.3, 0.4) is 0 Å². The fraction of sp³-hybridized carbons (Fsp3) is 0.333. The predicted molar refractivity (Wildman–Crippen MR) is 106 cm³/mol. The molecule has 2 aromatic heterocycles. The van der Waals surface area contributed by atoms with Gasteiger partial charge in [0.1, 0.15) is 5.52 Å². The highest BCUT2D eigenvalue weighted by Crippen LogP contribution is 2.27. The van der Waals surface area contributed by atoms with E-state index in [0.29, 0.717) is 23.2 Å². The average molecular weight is 439 g/mol. The highest BCUT2D eigenvalue weighted by atomic mass is 35.5. The van der Waals surface area contributed by atoms with Crippen molar-refractivity contribution in [3.8, 4) is 0 Å². The molecule has 1 aromatic carbocycles. The minimum Gasteiger partial charge on any atom is -0.438 e. The van der Waals surface area contributed by atoms with E-state index in [1.165, 1.54) is 6.07 Å². The second-order valence-electron chi connectivity index (χ2n) is 6.91. The van der Waals surface area contributed by atoms with Crippen LogP contribution in [-0.2, 0) is 10.0 Å². The number of fused-ring (bicyclic) bond motifs is 1. The maximum atomic E-state index is 12.2. The summed E-state index contributed by atoms with van der Waals surface area (Å²) in [5, 5.41) is 7.93. The molecule has 3 heterocycles. The average Bonchev–Trinajstić information content (AvgIpc) is 3.33. The third-order valence-electron chi connectivity index (χ3n) is 4.86. The summed E-state index contributed by atoms with van der Waals surface area (Å²) in [7, 11) is -3.97. The first kappa shape index (κ1) is 19.7. The Labute approximate surface area is 171 Å². The van der Waals surface area contributed by atoms with Crippen LogP contribution in [0.15, 0.2) is 44.3 Å². The van der Waals surface area contributed by atoms with Gasteiger partial charge in [-0.2, -0.15) is 4.98 Å². The summed E-state index contributed by atoms with van der Waals surface area (Å²) in [6.07, 6.45) is 1.70. The van der Waals surface area contributed by atoms with Gasteiger partial charge in [-0.25, -0.2) is 13.6 Å². The molecule has 11 heteroatoms. The van der Waals surface area contributed by atoms with E-state index in [4.69, 9.17) is 25.6 Å². The SMILES string of the molecule is NS(=O)(=O)c1ccc(C(=O)NCC2CCN(c3nc4cc(Cl)ccc4o3)CC2)o1. The van der Waals surface area contributed by atoms with Gasteiger partial charge in [0.25, 0.3) is 21.9 Å². The molecule has 154 valence electrons. The second-order valence-corrected chi connectivity index (χ2v) is 8.84. The number of aromatic nitrogens is 1. The fourth-order valence-corrected chi connectivity index (χ4v) is 3.90. The fourth-order valence-electron chi connectivity index (χ4n) is 3.27. The number of carbonyl (C=O) groups excluding carboxylic acids is 1. The smallest absolute Gasteiger partial charge is 0.298 e. The van der Waals surface area contributed by atoms with Gasteiger partial charge in [-0.3, -0.25) is 4.79 Å². The lowest BCUT2D eigenvalue weighted by Crippen LogP contribution is -2.38. The molecule has 29 heavy (non-hydrogen) atoms. The molecule has 3 N–H and O–H groups in total. The Kier molecular flexibility index (Phi) is 5.24. The van der Waals surface area contributed by atoms with E-state index < -0.39 is 21.0 Å². The molecule has 1 aliphatic heterocycles. The minimum atomic E-state index is -3.97. The molecule has 1 fully saturated rings. The molecule has 1 saturated heterocycles. The Morgan fingerprint density at radius 1 is 1.24 bits per heavy atom. The number of benzene rings is 1. The van der Waals surface area contributed by atoms with Crippen molar-refractivity contribution < 1.29 is 22.0 Å². The van der Waals surface area contributed by atoms with Crippen molar-refractivity contribution in [3.05, 3.63) is 41.1 Å². The molecule has 0 aliphatic carbocycles. The van der Waals surface area contributed by atoms with E-state index in [2.05, 4.69) is 15.2 Å². The maximum absolute atomic E-state index is 12.2. The van der Waals surface area contributed by atoms with E-state index in [1.54, 1.807) is 18.2 Å². The lowest BCUT2D eigenvalue weighted by Gasteiger charge is -2.30. The Morgan fingerprint density at radius 3 is 2.69 bits per heavy atom. The number of piperidine rings is 1. The maximum Gasteiger partial charge on any atom is 0.298 e. The van der Waals surface area contributed by atoms with Crippen molar-refractivity contribution in [2.75, 3.05) is 24.5 Å². The molecule has 0 spiro atoms. The van der Waals surface area contributed by atoms with Crippen LogP contribution in [0.2, 0.25) is 5.02 Å². The van der Waals surface area contributed by atoms with E-state index >= 15 is 0 Å². The number of halogens is 1. The molecule has 4 rings (SSSR count). The number of sulfonamides is 1. The molecular weight excluding hydrogens is 420 g/mol. The molecular formula is C18H19ClN4O5S. The largest absolute Gasteiger partial charge is 0.438 e. The number of anilines is 1. The number of oxazole rings is 1. The number of nitrogens with one attached hydrogen (secondary N) is 1. The van der Waals surface area contributed by atoms with Gasteiger partial charge in [-0.05, 0) is 49.1 Å². The first-order valence-corrected chi connectivity index (χ1v) is 10.9. The zero-order valence-corrected chi connectivity index (χ0v) is 16.9. The minimum absolute atomic E-state index is 0.0865. The number of amides is 1. The molecule has 0 unspecified atom stereocenters. The highest BCUT2D eigenvalue weighted by molar-refractivity contribution is 7.89. The summed E-state index contributed by atoms with van der Waals surface area (Å²) >= 11 is 5.99. The van der Waals surface area contributed by atoms with E-state index in [9.17, 15) is 13.2 Å². The summed E-state index contributed by atoms with van der Waals surface area (Å²) in [5.74, 6) is -0.281. The summed E-state index contributed by atoms with van der Waals surface area (Å²) < 4.78 is 33.2. The lowest BCUT2D eigenvalue weighted by atomic mass is 9.97. The van der Waals surface area contributed by atoms with Crippen molar-refractivity contribution in [1.82, 2.24) is 10.3 Å². The van der Waals surface area contributed by atoms with Crippen molar-refractivity contribution >= 4 is 44.6 Å². The zero-order chi connectivity index (χ0) is 20.6. The van der Waals surface area contributed by atoms with Crippen LogP contribution in [0.1, 0.15) is 23.4 Å². The van der Waals surface area contributed by atoms with Gasteiger partial charge in [-0.15, -0.1) is 0 Å². The molecule has 0 bridgehead atoms. The second kappa shape index (κ2) is 7.69. The number of rotatable bonds is 5. The Morgan fingerprint density at radius 2 is 2.00 bits per heavy atom. The number of carbonyl (C=O) groups is 1. The lowest BCUT2D eigenvalue weighted by molar-refractivity contribution is 0.0911. The van der Waals surface area contributed by atoms with E-state index in [0.717, 1.165) is 37.5 Å². The van der Waals surface area contributed by atoms with Crippen molar-refractivity contribution in [1.29, 1.82) is 0 Å². The Balaban J connectivity index is 1.30. The standard InChI is InChI=1S/C18H19ClN4O5S/c19-12-1-2-14-13(9-12)22-18(28-14)23-7-5-11(6-8-23)10-21-17(24)15-3-4-16(27-15)29(20,25)26/h1-4,9,11H,5-8,10H2,(H,21,24)(H2,20,25,26). The van der Waals surface area contributed by atoms with Crippen LogP contribution in [0, 0.1) is 5.92 Å². The Bertz CT molecular complexity index is 1150. The van der Waals surface area contributed by atoms with Crippen LogP contribution in [-0.4, -0.2) is 38.9 Å². The summed E-state index contributed by atoms with van der Waals surface area (Å²) in [5.41, 5.74) is 1.41. The molecule has 3 aromatic rings. The van der Waals surface area contributed by atoms with Gasteiger partial charge in [-0.1, -0.05) is 11.6 Å². The number of primary sulfonamides is 1. The Hall–Kier alpha value is -2.56. The van der Waals surface area contributed by atoms with Gasteiger partial charge in [0.05, 0.1) is 0 Å². The van der Waals surface area contributed by atoms with Crippen molar-refractivity contribution in [3.63, 3.8) is 0 Å². The quantitative estimate of drug-likeness (QED) is 0.624. The normalized spacial score (nSPS) is 15.7. The predicted octanol–water partition coefficient (Wildman–Crippen LogP) is 2.37. The molecule has 1 amide bonds. The van der Waals surface area contributed by atoms with E-state index in [1.807, 2.05) is 0 Å². The molecule has 9 nitrogen and oxygen atoms in total. The monoisotopic (exact) mass is 438 g/mol. The van der Waals surface area contributed by atoms with Gasteiger partial charge in [0, 0.05) is 24.7 Å². The van der Waals surface area contributed by atoms with Crippen molar-refractivity contribution in [2.24, 2.45) is 11.1 Å². The first-order valence-electron chi connectivity index (χ1n) is 9.01. The van der Waals surface area contributed by atoms with Gasteiger partial charge < -0.3 is 19.1 Å². The van der Waals surface area contributed by atoms with Crippen LogP contribution in [0.25, 0.3) is 11.1 Å². The summed E-state index contributed by atoms with van der Waals surface area (Å²) in [6, 6.07) is 8.34. The topological polar surface area (TPSA) is 132 Å². The molecule has 1 aliphatic rings. The van der Waals surface area contributed by atoms with Gasteiger partial charge >= 0.3 is 0 Å². The third kappa shape index (κ3) is 4.39. The first-order chi connectivity index (χ1) is 13.8. The van der Waals surface area contributed by atoms with Crippen LogP contribution >= 0.6 is 11.6 Å². The third-order valence-corrected chi connectivity index (χ3v) is 5.88. The zero-order valence-electron chi connectivity index (χ0n) is 15.3. The molecule has 0 saturated carbocycles. The highest BCUT2D eigenvalue weighted by Gasteiger charge is 2.24. The summed E-state index contributed by atoms with van der Waals surface area (Å²) in [4.78, 5) is 18.7.